The number of rotatable bonds is 6. The van der Waals surface area contributed by atoms with Gasteiger partial charge in [-0.15, -0.1) is 0 Å². The van der Waals surface area contributed by atoms with Crippen LogP contribution in [-0.4, -0.2) is 34.4 Å². The van der Waals surface area contributed by atoms with E-state index in [1.54, 1.807) is 11.0 Å². The van der Waals surface area contributed by atoms with Crippen LogP contribution in [-0.2, 0) is 9.59 Å². The predicted molar refractivity (Wildman–Crippen MR) is 126 cm³/mol. The summed E-state index contributed by atoms with van der Waals surface area (Å²) in [5, 5.41) is 2.95. The van der Waals surface area contributed by atoms with Gasteiger partial charge in [0.05, 0.1) is 4.91 Å². The monoisotopic (exact) mass is 454 g/mol. The third kappa shape index (κ3) is 4.75. The van der Waals surface area contributed by atoms with Crippen LogP contribution >= 0.6 is 24.0 Å². The van der Waals surface area contributed by atoms with Crippen LogP contribution in [0.1, 0.15) is 29.5 Å². The number of aryl methyl sites for hydroxylation is 1. The highest BCUT2D eigenvalue weighted by Crippen LogP contribution is 2.36. The number of anilines is 1. The molecule has 0 unspecified atom stereocenters. The normalized spacial score (nSPS) is 16.3. The molecule has 0 spiro atoms. The van der Waals surface area contributed by atoms with Crippen molar-refractivity contribution in [3.8, 4) is 11.5 Å². The molecule has 2 aromatic rings. The number of thiocarbonyl (C=S) groups is 1. The molecule has 0 bridgehead atoms. The Morgan fingerprint density at radius 1 is 1.23 bits per heavy atom. The Morgan fingerprint density at radius 3 is 2.87 bits per heavy atom. The second-order valence-corrected chi connectivity index (χ2v) is 9.02. The quantitative estimate of drug-likeness (QED) is 0.506. The summed E-state index contributed by atoms with van der Waals surface area (Å²) in [4.78, 5) is 27.2. The van der Waals surface area contributed by atoms with Crippen molar-refractivity contribution in [3.63, 3.8) is 0 Å². The SMILES string of the molecule is Cc1cccc(NC(=O)CCCN2C(=O)/C(=C/c3ccc4c(c3)OCO4)SC2=S)c1C. The Bertz CT molecular complexity index is 1100. The third-order valence-electron chi connectivity index (χ3n) is 5.23. The zero-order valence-electron chi connectivity index (χ0n) is 17.3. The zero-order chi connectivity index (χ0) is 22.0. The van der Waals surface area contributed by atoms with Crippen LogP contribution in [0.25, 0.3) is 6.08 Å². The maximum Gasteiger partial charge on any atom is 0.266 e. The van der Waals surface area contributed by atoms with Crippen molar-refractivity contribution in [1.82, 2.24) is 4.90 Å². The molecule has 2 aliphatic heterocycles. The molecule has 1 N–H and O–H groups in total. The lowest BCUT2D eigenvalue weighted by atomic mass is 10.1. The fourth-order valence-corrected chi connectivity index (χ4v) is 4.65. The average molecular weight is 455 g/mol. The van der Waals surface area contributed by atoms with Gasteiger partial charge < -0.3 is 14.8 Å². The first kappa shape index (κ1) is 21.4. The van der Waals surface area contributed by atoms with Crippen molar-refractivity contribution in [2.45, 2.75) is 26.7 Å². The Kier molecular flexibility index (Phi) is 6.29. The van der Waals surface area contributed by atoms with Gasteiger partial charge in [-0.2, -0.15) is 0 Å². The van der Waals surface area contributed by atoms with Gasteiger partial charge in [-0.05, 0) is 61.2 Å². The summed E-state index contributed by atoms with van der Waals surface area (Å²) in [6, 6.07) is 11.4. The van der Waals surface area contributed by atoms with Gasteiger partial charge in [0.25, 0.3) is 5.91 Å². The fraction of sp³-hybridized carbons (Fsp3) is 0.261. The number of amides is 2. The minimum Gasteiger partial charge on any atom is -0.454 e. The van der Waals surface area contributed by atoms with E-state index >= 15 is 0 Å². The van der Waals surface area contributed by atoms with Crippen molar-refractivity contribution < 1.29 is 19.1 Å². The van der Waals surface area contributed by atoms with Crippen molar-refractivity contribution in [2.24, 2.45) is 0 Å². The molecule has 8 heteroatoms. The van der Waals surface area contributed by atoms with Crippen molar-refractivity contribution in [1.29, 1.82) is 0 Å². The van der Waals surface area contributed by atoms with Crippen LogP contribution in [0.3, 0.4) is 0 Å². The van der Waals surface area contributed by atoms with E-state index < -0.39 is 0 Å². The molecule has 2 aromatic carbocycles. The van der Waals surface area contributed by atoms with E-state index in [2.05, 4.69) is 5.32 Å². The number of thioether (sulfide) groups is 1. The highest BCUT2D eigenvalue weighted by Gasteiger charge is 2.31. The summed E-state index contributed by atoms with van der Waals surface area (Å²) in [5.41, 5.74) is 3.85. The molecule has 0 saturated carbocycles. The Balaban J connectivity index is 1.33. The second-order valence-electron chi connectivity index (χ2n) is 7.35. The average Bonchev–Trinajstić information content (AvgIpc) is 3.31. The molecule has 31 heavy (non-hydrogen) atoms. The number of benzene rings is 2. The number of nitrogens with one attached hydrogen (secondary N) is 1. The highest BCUT2D eigenvalue weighted by atomic mass is 32.2. The van der Waals surface area contributed by atoms with E-state index in [9.17, 15) is 9.59 Å². The van der Waals surface area contributed by atoms with E-state index in [0.29, 0.717) is 40.1 Å². The molecule has 6 nitrogen and oxygen atoms in total. The van der Waals surface area contributed by atoms with Gasteiger partial charge in [-0.25, -0.2) is 0 Å². The van der Waals surface area contributed by atoms with E-state index in [4.69, 9.17) is 21.7 Å². The van der Waals surface area contributed by atoms with Crippen LogP contribution in [0.4, 0.5) is 5.69 Å². The molecule has 0 aliphatic carbocycles. The molecule has 2 aliphatic rings. The topological polar surface area (TPSA) is 67.9 Å². The number of ether oxygens (including phenoxy) is 2. The summed E-state index contributed by atoms with van der Waals surface area (Å²) < 4.78 is 11.2. The summed E-state index contributed by atoms with van der Waals surface area (Å²) >= 11 is 6.66. The van der Waals surface area contributed by atoms with Gasteiger partial charge in [0.15, 0.2) is 11.5 Å². The van der Waals surface area contributed by atoms with Crippen LogP contribution in [0.2, 0.25) is 0 Å². The maximum absolute atomic E-state index is 12.8. The molecule has 2 amide bonds. The van der Waals surface area contributed by atoms with Gasteiger partial charge in [0.2, 0.25) is 12.7 Å². The lowest BCUT2D eigenvalue weighted by Crippen LogP contribution is -2.29. The second kappa shape index (κ2) is 9.11. The minimum absolute atomic E-state index is 0.0740. The number of carbonyl (C=O) groups excluding carboxylic acids is 2. The van der Waals surface area contributed by atoms with Crippen LogP contribution in [0.5, 0.6) is 11.5 Å². The number of hydrogen-bond donors (Lipinski definition) is 1. The van der Waals surface area contributed by atoms with Crippen LogP contribution in [0.15, 0.2) is 41.3 Å². The number of carbonyl (C=O) groups is 2. The first-order valence-corrected chi connectivity index (χ1v) is 11.2. The maximum atomic E-state index is 12.8. The molecule has 0 radical (unpaired) electrons. The van der Waals surface area contributed by atoms with Gasteiger partial charge >= 0.3 is 0 Å². The van der Waals surface area contributed by atoms with Gasteiger partial charge in [0, 0.05) is 18.7 Å². The number of nitrogens with zero attached hydrogens (tertiary/aromatic N) is 1. The number of hydrogen-bond acceptors (Lipinski definition) is 6. The molecular formula is C23H22N2O4S2. The highest BCUT2D eigenvalue weighted by molar-refractivity contribution is 8.26. The molecule has 160 valence electrons. The standard InChI is InChI=1S/C23H22N2O4S2/c1-14-5-3-6-17(15(14)2)24-21(26)7-4-10-25-22(27)20(31-23(25)30)12-16-8-9-18-19(11-16)29-13-28-18/h3,5-6,8-9,11-12H,4,7,10,13H2,1-2H3,(H,24,26)/b20-12-. The molecule has 4 rings (SSSR count). The van der Waals surface area contributed by atoms with E-state index in [0.717, 1.165) is 22.4 Å². The fourth-order valence-electron chi connectivity index (χ4n) is 3.34. The van der Waals surface area contributed by atoms with Crippen molar-refractivity contribution >= 4 is 51.9 Å². The zero-order valence-corrected chi connectivity index (χ0v) is 18.9. The Morgan fingerprint density at radius 2 is 2.03 bits per heavy atom. The lowest BCUT2D eigenvalue weighted by Gasteiger charge is -2.14. The molecular weight excluding hydrogens is 432 g/mol. The lowest BCUT2D eigenvalue weighted by molar-refractivity contribution is -0.122. The summed E-state index contributed by atoms with van der Waals surface area (Å²) in [7, 11) is 0. The van der Waals surface area contributed by atoms with Crippen molar-refractivity contribution in [2.75, 3.05) is 18.7 Å². The molecule has 0 aromatic heterocycles. The summed E-state index contributed by atoms with van der Waals surface area (Å²) in [5.74, 6) is 1.15. The van der Waals surface area contributed by atoms with Crippen molar-refractivity contribution in [3.05, 3.63) is 58.0 Å². The first-order valence-electron chi connectivity index (χ1n) is 9.93. The Labute approximate surface area is 190 Å². The molecule has 1 saturated heterocycles. The molecule has 0 atom stereocenters. The van der Waals surface area contributed by atoms with Gasteiger partial charge in [0.1, 0.15) is 4.32 Å². The largest absolute Gasteiger partial charge is 0.454 e. The smallest absolute Gasteiger partial charge is 0.266 e. The van der Waals surface area contributed by atoms with Crippen LogP contribution < -0.4 is 14.8 Å². The van der Waals surface area contributed by atoms with Gasteiger partial charge in [-0.1, -0.05) is 42.2 Å². The Hall–Kier alpha value is -2.84. The van der Waals surface area contributed by atoms with E-state index in [1.807, 2.05) is 50.2 Å². The summed E-state index contributed by atoms with van der Waals surface area (Å²) in [6.07, 6.45) is 2.64. The molecule has 1 fully saturated rings. The predicted octanol–water partition coefficient (Wildman–Crippen LogP) is 4.65. The minimum atomic E-state index is -0.136. The van der Waals surface area contributed by atoms with Crippen LogP contribution in [0, 0.1) is 13.8 Å². The van der Waals surface area contributed by atoms with E-state index in [1.165, 1.54) is 11.8 Å². The van der Waals surface area contributed by atoms with E-state index in [-0.39, 0.29) is 18.6 Å². The number of fused-ring (bicyclic) bond motifs is 1. The molecule has 2 heterocycles. The first-order chi connectivity index (χ1) is 14.9. The third-order valence-corrected chi connectivity index (χ3v) is 6.61. The summed E-state index contributed by atoms with van der Waals surface area (Å²) in [6.45, 7) is 4.61. The van der Waals surface area contributed by atoms with Gasteiger partial charge in [-0.3, -0.25) is 14.5 Å².